The summed E-state index contributed by atoms with van der Waals surface area (Å²) in [6.07, 6.45) is 1.21. The Hall–Kier alpha value is -3.20. The number of aromatic nitrogens is 2. The molecular weight excluding hydrogens is 488 g/mol. The van der Waals surface area contributed by atoms with E-state index in [1.54, 1.807) is 4.90 Å². The minimum absolute atomic E-state index is 0.0491. The monoisotopic (exact) mass is 512 g/mol. The number of aryl methyl sites for hydroxylation is 1. The third-order valence-corrected chi connectivity index (χ3v) is 6.57. The minimum atomic E-state index is -0.609. The number of carbonyl (C=O) groups excluding carboxylic acids is 2. The van der Waals surface area contributed by atoms with Crippen LogP contribution in [0.3, 0.4) is 0 Å². The van der Waals surface area contributed by atoms with E-state index in [4.69, 9.17) is 0 Å². The van der Waals surface area contributed by atoms with Crippen molar-refractivity contribution in [3.05, 3.63) is 68.0 Å². The van der Waals surface area contributed by atoms with Crippen molar-refractivity contribution in [2.24, 2.45) is 5.41 Å². The largest absolute Gasteiger partial charge is 0.505 e. The lowest BCUT2D eigenvalue weighted by molar-refractivity contribution is -0.142. The molecule has 1 fully saturated rings. The molecule has 2 amide bonds. The second kappa shape index (κ2) is 8.62. The fourth-order valence-corrected chi connectivity index (χ4v) is 4.36. The molecule has 0 saturated carbocycles. The molecule has 1 aromatic carbocycles. The number of likely N-dealkylation sites (tertiary alicyclic amines) is 1. The molecule has 3 heterocycles. The average molecular weight is 513 g/mol. The molecule has 9 heteroatoms. The zero-order valence-corrected chi connectivity index (χ0v) is 20.3. The van der Waals surface area contributed by atoms with Crippen LogP contribution in [0.1, 0.15) is 35.3 Å². The summed E-state index contributed by atoms with van der Waals surface area (Å²) in [5.74, 6) is -0.917. The molecular formula is C24H25BrN4O4. The lowest BCUT2D eigenvalue weighted by Crippen LogP contribution is -2.56. The Balaban J connectivity index is 1.69. The summed E-state index contributed by atoms with van der Waals surface area (Å²) in [6, 6.07) is 9.09. The highest BCUT2D eigenvalue weighted by Gasteiger charge is 2.37. The molecule has 2 aromatic heterocycles. The lowest BCUT2D eigenvalue weighted by Gasteiger charge is -2.45. The Morgan fingerprint density at radius 1 is 1.21 bits per heavy atom. The number of halogens is 1. The molecule has 172 valence electrons. The van der Waals surface area contributed by atoms with Crippen LogP contribution in [0.25, 0.3) is 11.0 Å². The molecule has 33 heavy (non-hydrogen) atoms. The predicted octanol–water partition coefficient (Wildman–Crippen LogP) is 2.97. The maximum Gasteiger partial charge on any atom is 0.265 e. The summed E-state index contributed by atoms with van der Waals surface area (Å²) in [5, 5.41) is 13.2. The number of hydrogen-bond donors (Lipinski definition) is 2. The van der Waals surface area contributed by atoms with Gasteiger partial charge in [-0.05, 0) is 39.9 Å². The van der Waals surface area contributed by atoms with Crippen LogP contribution >= 0.6 is 15.9 Å². The summed E-state index contributed by atoms with van der Waals surface area (Å²) in [7, 11) is 0. The standard InChI is InChI=1S/C24H25BrN4O4/c1-14-4-6-15(7-5-14)9-27-22(32)17-8-16-20(25)18(30)10-26-21(16)29(23(17)33)11-19(31)28-12-24(2,3)13-28/h4-8,10,30H,9,11-13H2,1-3H3,(H,27,32). The number of carbonyl (C=O) groups is 2. The van der Waals surface area contributed by atoms with Crippen LogP contribution in [0.15, 0.2) is 45.8 Å². The van der Waals surface area contributed by atoms with Gasteiger partial charge in [-0.3, -0.25) is 19.0 Å². The number of pyridine rings is 2. The Morgan fingerprint density at radius 2 is 1.88 bits per heavy atom. The van der Waals surface area contributed by atoms with E-state index in [0.29, 0.717) is 22.9 Å². The molecule has 8 nitrogen and oxygen atoms in total. The molecule has 4 rings (SSSR count). The second-order valence-electron chi connectivity index (χ2n) is 9.23. The maximum absolute atomic E-state index is 13.3. The lowest BCUT2D eigenvalue weighted by atomic mass is 9.84. The highest BCUT2D eigenvalue weighted by Crippen LogP contribution is 2.31. The van der Waals surface area contributed by atoms with Gasteiger partial charge < -0.3 is 15.3 Å². The van der Waals surface area contributed by atoms with Gasteiger partial charge >= 0.3 is 0 Å². The Labute approximate surface area is 199 Å². The van der Waals surface area contributed by atoms with Gasteiger partial charge in [-0.25, -0.2) is 4.98 Å². The topological polar surface area (TPSA) is 105 Å². The highest BCUT2D eigenvalue weighted by molar-refractivity contribution is 9.10. The van der Waals surface area contributed by atoms with E-state index < -0.39 is 11.5 Å². The van der Waals surface area contributed by atoms with E-state index in [0.717, 1.165) is 11.1 Å². The van der Waals surface area contributed by atoms with Crippen molar-refractivity contribution in [3.8, 4) is 5.75 Å². The first-order valence-electron chi connectivity index (χ1n) is 10.6. The minimum Gasteiger partial charge on any atom is -0.505 e. The normalized spacial score (nSPS) is 14.7. The van der Waals surface area contributed by atoms with Crippen molar-refractivity contribution in [2.45, 2.75) is 33.9 Å². The van der Waals surface area contributed by atoms with Gasteiger partial charge in [-0.15, -0.1) is 0 Å². The van der Waals surface area contributed by atoms with Crippen LogP contribution in [0.4, 0.5) is 0 Å². The third-order valence-electron chi connectivity index (χ3n) is 5.73. The predicted molar refractivity (Wildman–Crippen MR) is 128 cm³/mol. The maximum atomic E-state index is 13.3. The molecule has 0 aliphatic carbocycles. The molecule has 0 bridgehead atoms. The fourth-order valence-electron chi connectivity index (χ4n) is 3.97. The van der Waals surface area contributed by atoms with Crippen molar-refractivity contribution < 1.29 is 14.7 Å². The molecule has 1 aliphatic heterocycles. The number of aromatic hydroxyl groups is 1. The molecule has 2 N–H and O–H groups in total. The van der Waals surface area contributed by atoms with Crippen LogP contribution in [0.5, 0.6) is 5.75 Å². The summed E-state index contributed by atoms with van der Waals surface area (Å²) >= 11 is 3.31. The first-order chi connectivity index (χ1) is 15.6. The first kappa shape index (κ1) is 23.0. The molecule has 0 spiro atoms. The van der Waals surface area contributed by atoms with Crippen molar-refractivity contribution in [1.82, 2.24) is 19.8 Å². The molecule has 0 unspecified atom stereocenters. The van der Waals surface area contributed by atoms with Gasteiger partial charge in [0.15, 0.2) is 0 Å². The summed E-state index contributed by atoms with van der Waals surface area (Å²) in [6.45, 7) is 7.33. The highest BCUT2D eigenvalue weighted by atomic mass is 79.9. The van der Waals surface area contributed by atoms with Crippen LogP contribution in [-0.4, -0.2) is 44.5 Å². The van der Waals surface area contributed by atoms with Crippen molar-refractivity contribution in [1.29, 1.82) is 0 Å². The van der Waals surface area contributed by atoms with E-state index >= 15 is 0 Å². The third kappa shape index (κ3) is 4.64. The summed E-state index contributed by atoms with van der Waals surface area (Å²) in [5.41, 5.74) is 1.53. The van der Waals surface area contributed by atoms with Gasteiger partial charge in [0, 0.05) is 25.0 Å². The zero-order chi connectivity index (χ0) is 23.9. The molecule has 0 radical (unpaired) electrons. The van der Waals surface area contributed by atoms with E-state index in [-0.39, 0.29) is 41.4 Å². The summed E-state index contributed by atoms with van der Waals surface area (Å²) < 4.78 is 1.50. The Morgan fingerprint density at radius 3 is 2.52 bits per heavy atom. The average Bonchev–Trinajstić information content (AvgIpc) is 2.75. The second-order valence-corrected chi connectivity index (χ2v) is 10.0. The number of nitrogens with one attached hydrogen (secondary N) is 1. The number of fused-ring (bicyclic) bond motifs is 1. The molecule has 0 atom stereocenters. The molecule has 1 saturated heterocycles. The van der Waals surface area contributed by atoms with Crippen molar-refractivity contribution in [2.75, 3.05) is 13.1 Å². The van der Waals surface area contributed by atoms with E-state index in [9.17, 15) is 19.5 Å². The number of nitrogens with zero attached hydrogens (tertiary/aromatic N) is 3. The van der Waals surface area contributed by atoms with Crippen molar-refractivity contribution >= 4 is 38.8 Å². The number of hydrogen-bond acceptors (Lipinski definition) is 5. The molecule has 1 aliphatic rings. The van der Waals surface area contributed by atoms with Gasteiger partial charge in [0.1, 0.15) is 23.5 Å². The SMILES string of the molecule is Cc1ccc(CNC(=O)c2cc3c(Br)c(O)cnc3n(CC(=O)N3CC(C)(C)C3)c2=O)cc1. The van der Waals surface area contributed by atoms with Gasteiger partial charge in [0.05, 0.1) is 10.7 Å². The van der Waals surface area contributed by atoms with Gasteiger partial charge in [-0.1, -0.05) is 43.7 Å². The van der Waals surface area contributed by atoms with E-state index in [2.05, 4.69) is 40.1 Å². The van der Waals surface area contributed by atoms with E-state index in [1.165, 1.54) is 16.8 Å². The Bertz CT molecular complexity index is 1310. The fraction of sp³-hybridized carbons (Fsp3) is 0.333. The zero-order valence-electron chi connectivity index (χ0n) is 18.7. The smallest absolute Gasteiger partial charge is 0.265 e. The first-order valence-corrected chi connectivity index (χ1v) is 11.4. The van der Waals surface area contributed by atoms with Crippen molar-refractivity contribution in [3.63, 3.8) is 0 Å². The van der Waals surface area contributed by atoms with Crippen LogP contribution in [0.2, 0.25) is 0 Å². The van der Waals surface area contributed by atoms with Gasteiger partial charge in [0.2, 0.25) is 5.91 Å². The van der Waals surface area contributed by atoms with Crippen LogP contribution in [0, 0.1) is 12.3 Å². The summed E-state index contributed by atoms with van der Waals surface area (Å²) in [4.78, 5) is 44.9. The van der Waals surface area contributed by atoms with Gasteiger partial charge in [0.25, 0.3) is 11.5 Å². The van der Waals surface area contributed by atoms with E-state index in [1.807, 2.05) is 31.2 Å². The quantitative estimate of drug-likeness (QED) is 0.546. The van der Waals surface area contributed by atoms with Gasteiger partial charge in [-0.2, -0.15) is 0 Å². The molecule has 3 aromatic rings. The number of benzene rings is 1. The number of amides is 2. The van der Waals surface area contributed by atoms with Crippen LogP contribution < -0.4 is 10.9 Å². The Kier molecular flexibility index (Phi) is 6.00. The number of rotatable bonds is 5. The van der Waals surface area contributed by atoms with Crippen LogP contribution in [-0.2, 0) is 17.9 Å².